The van der Waals surface area contributed by atoms with Crippen molar-refractivity contribution >= 4 is 23.2 Å². The summed E-state index contributed by atoms with van der Waals surface area (Å²) < 4.78 is 5.73. The van der Waals surface area contributed by atoms with E-state index in [1.54, 1.807) is 19.1 Å². The minimum absolute atomic E-state index is 0.230. The van der Waals surface area contributed by atoms with E-state index in [9.17, 15) is 4.79 Å². The van der Waals surface area contributed by atoms with Crippen molar-refractivity contribution in [2.24, 2.45) is 22.9 Å². The number of benzene rings is 1. The molecule has 2 saturated carbocycles. The zero-order chi connectivity index (χ0) is 17.3. The van der Waals surface area contributed by atoms with Crippen molar-refractivity contribution < 1.29 is 9.53 Å². The highest BCUT2D eigenvalue weighted by Crippen LogP contribution is 2.48. The van der Waals surface area contributed by atoms with Crippen molar-refractivity contribution in [1.82, 2.24) is 5.43 Å². The second kappa shape index (κ2) is 7.14. The van der Waals surface area contributed by atoms with Gasteiger partial charge in [0.05, 0.1) is 0 Å². The lowest BCUT2D eigenvalue weighted by Gasteiger charge is -2.21. The van der Waals surface area contributed by atoms with E-state index >= 15 is 0 Å². The van der Waals surface area contributed by atoms with E-state index in [1.807, 2.05) is 19.9 Å². The van der Waals surface area contributed by atoms with Gasteiger partial charge in [0.25, 0.3) is 5.91 Å². The predicted molar refractivity (Wildman–Crippen MR) is 96.5 cm³/mol. The van der Waals surface area contributed by atoms with E-state index in [1.165, 1.54) is 25.7 Å². The molecule has 1 amide bonds. The number of nitrogens with one attached hydrogen (secondary N) is 1. The fourth-order valence-corrected chi connectivity index (χ4v) is 4.29. The van der Waals surface area contributed by atoms with Gasteiger partial charge >= 0.3 is 0 Å². The molecule has 0 aliphatic heterocycles. The van der Waals surface area contributed by atoms with Crippen LogP contribution in [-0.4, -0.2) is 17.7 Å². The molecule has 2 aliphatic carbocycles. The molecule has 0 heterocycles. The molecule has 130 valence electrons. The van der Waals surface area contributed by atoms with Gasteiger partial charge in [0.1, 0.15) is 5.75 Å². The molecular weight excluding hydrogens is 324 g/mol. The van der Waals surface area contributed by atoms with Crippen LogP contribution < -0.4 is 10.2 Å². The third-order valence-electron chi connectivity index (χ3n) is 5.43. The third-order valence-corrected chi connectivity index (χ3v) is 5.66. The van der Waals surface area contributed by atoms with Crippen LogP contribution in [-0.2, 0) is 4.79 Å². The van der Waals surface area contributed by atoms with Crippen LogP contribution in [0, 0.1) is 24.7 Å². The molecule has 0 spiro atoms. The molecule has 1 N–H and O–H groups in total. The molecule has 2 bridgehead atoms. The smallest absolute Gasteiger partial charge is 0.280 e. The first-order valence-corrected chi connectivity index (χ1v) is 9.08. The topological polar surface area (TPSA) is 50.7 Å². The first kappa shape index (κ1) is 17.3. The van der Waals surface area contributed by atoms with Crippen molar-refractivity contribution in [2.75, 3.05) is 0 Å². The highest BCUT2D eigenvalue weighted by atomic mass is 35.5. The first-order valence-electron chi connectivity index (χ1n) is 8.71. The largest absolute Gasteiger partial charge is 0.481 e. The Balaban J connectivity index is 1.55. The molecule has 3 rings (SSSR count). The zero-order valence-electron chi connectivity index (χ0n) is 14.5. The number of hydrogen-bond acceptors (Lipinski definition) is 3. The van der Waals surface area contributed by atoms with Gasteiger partial charge in [-0.25, -0.2) is 5.43 Å². The van der Waals surface area contributed by atoms with Crippen LogP contribution in [0.2, 0.25) is 5.02 Å². The first-order chi connectivity index (χ1) is 11.4. The lowest BCUT2D eigenvalue weighted by molar-refractivity contribution is -0.127. The quantitative estimate of drug-likeness (QED) is 0.635. The summed E-state index contributed by atoms with van der Waals surface area (Å²) in [5, 5.41) is 5.00. The van der Waals surface area contributed by atoms with Crippen LogP contribution >= 0.6 is 11.6 Å². The number of carbonyl (C=O) groups excluding carboxylic acids is 1. The summed E-state index contributed by atoms with van der Waals surface area (Å²) in [6.45, 7) is 5.66. The van der Waals surface area contributed by atoms with E-state index in [2.05, 4.69) is 10.5 Å². The zero-order valence-corrected chi connectivity index (χ0v) is 15.3. The normalized spacial score (nSPS) is 27.2. The Morgan fingerprint density at radius 3 is 2.79 bits per heavy atom. The fraction of sp³-hybridized carbons (Fsp3) is 0.579. The van der Waals surface area contributed by atoms with E-state index in [4.69, 9.17) is 16.3 Å². The molecule has 0 saturated heterocycles. The molecule has 1 aromatic rings. The summed E-state index contributed by atoms with van der Waals surface area (Å²) in [5.74, 6) is 2.61. The van der Waals surface area contributed by atoms with E-state index in [-0.39, 0.29) is 5.91 Å². The number of aryl methyl sites for hydroxylation is 1. The lowest BCUT2D eigenvalue weighted by Crippen LogP contribution is -2.34. The van der Waals surface area contributed by atoms with E-state index < -0.39 is 6.10 Å². The third kappa shape index (κ3) is 3.75. The van der Waals surface area contributed by atoms with Crippen molar-refractivity contribution in [1.29, 1.82) is 0 Å². The Morgan fingerprint density at radius 2 is 2.17 bits per heavy atom. The Kier molecular flexibility index (Phi) is 5.14. The van der Waals surface area contributed by atoms with Gasteiger partial charge in [-0.3, -0.25) is 4.79 Å². The number of amides is 1. The second-order valence-corrected chi connectivity index (χ2v) is 7.62. The number of ether oxygens (including phenoxy) is 1. The van der Waals surface area contributed by atoms with Crippen molar-refractivity contribution in [3.63, 3.8) is 0 Å². The number of halogens is 1. The van der Waals surface area contributed by atoms with Crippen LogP contribution in [0.25, 0.3) is 0 Å². The van der Waals surface area contributed by atoms with Crippen LogP contribution in [0.4, 0.5) is 0 Å². The molecule has 5 heteroatoms. The molecule has 1 aromatic carbocycles. The van der Waals surface area contributed by atoms with Crippen molar-refractivity contribution in [2.45, 2.75) is 52.6 Å². The average molecular weight is 349 g/mol. The van der Waals surface area contributed by atoms with Crippen LogP contribution in [0.3, 0.4) is 0 Å². The minimum Gasteiger partial charge on any atom is -0.481 e. The van der Waals surface area contributed by atoms with Gasteiger partial charge in [0, 0.05) is 16.7 Å². The summed E-state index contributed by atoms with van der Waals surface area (Å²) in [7, 11) is 0. The molecule has 0 aromatic heterocycles. The second-order valence-electron chi connectivity index (χ2n) is 7.18. The predicted octanol–water partition coefficient (Wildman–Crippen LogP) is 4.34. The maximum atomic E-state index is 12.2. The number of fused-ring (bicyclic) bond motifs is 2. The number of carbonyl (C=O) groups is 1. The van der Waals surface area contributed by atoms with E-state index in [0.717, 1.165) is 23.1 Å². The Labute approximate surface area is 148 Å². The maximum absolute atomic E-state index is 12.2. The molecule has 0 radical (unpaired) electrons. The van der Waals surface area contributed by atoms with Gasteiger partial charge in [-0.1, -0.05) is 18.0 Å². The molecule has 24 heavy (non-hydrogen) atoms. The van der Waals surface area contributed by atoms with Gasteiger partial charge in [0.15, 0.2) is 6.10 Å². The maximum Gasteiger partial charge on any atom is 0.280 e. The van der Waals surface area contributed by atoms with Gasteiger partial charge < -0.3 is 4.74 Å². The van der Waals surface area contributed by atoms with Gasteiger partial charge in [0.2, 0.25) is 0 Å². The number of hydrogen-bond donors (Lipinski definition) is 1. The van der Waals surface area contributed by atoms with Crippen LogP contribution in [0.1, 0.15) is 45.1 Å². The lowest BCUT2D eigenvalue weighted by atomic mass is 9.86. The Hall–Kier alpha value is -1.55. The summed E-state index contributed by atoms with van der Waals surface area (Å²) in [5.41, 5.74) is 4.62. The van der Waals surface area contributed by atoms with Crippen LogP contribution in [0.5, 0.6) is 5.75 Å². The van der Waals surface area contributed by atoms with Crippen LogP contribution in [0.15, 0.2) is 23.3 Å². The van der Waals surface area contributed by atoms with Crippen molar-refractivity contribution in [3.8, 4) is 5.75 Å². The summed E-state index contributed by atoms with van der Waals surface area (Å²) in [6.07, 6.45) is 4.63. The summed E-state index contributed by atoms with van der Waals surface area (Å²) >= 11 is 5.94. The molecule has 2 fully saturated rings. The molecule has 2 aliphatic rings. The number of hydrazone groups is 1. The highest BCUT2D eigenvalue weighted by molar-refractivity contribution is 6.30. The SMILES string of the molecule is C/C(=N\NC(=O)[C@@H](C)Oc1ccc(Cl)cc1C)[C@H]1C[C@H]2CC[C@H]1C2. The van der Waals surface area contributed by atoms with Gasteiger partial charge in [-0.05, 0) is 75.6 Å². The minimum atomic E-state index is -0.610. The van der Waals surface area contributed by atoms with E-state index in [0.29, 0.717) is 16.7 Å². The van der Waals surface area contributed by atoms with Gasteiger partial charge in [-0.15, -0.1) is 0 Å². The Morgan fingerprint density at radius 1 is 1.38 bits per heavy atom. The standard InChI is InChI=1S/C19H25ClN2O2/c1-11-8-16(20)6-7-18(11)24-13(3)19(23)22-21-12(2)17-10-14-4-5-15(17)9-14/h6-8,13-15,17H,4-5,9-10H2,1-3H3,(H,22,23)/b21-12+/t13-,14+,15+,17-/m1/s1. The average Bonchev–Trinajstić information content (AvgIpc) is 3.17. The highest BCUT2D eigenvalue weighted by Gasteiger charge is 2.40. The van der Waals surface area contributed by atoms with Crippen molar-refractivity contribution in [3.05, 3.63) is 28.8 Å². The van der Waals surface area contributed by atoms with Gasteiger partial charge in [-0.2, -0.15) is 5.10 Å². The number of nitrogens with zero attached hydrogens (tertiary/aromatic N) is 1. The molecular formula is C19H25ClN2O2. The molecule has 4 nitrogen and oxygen atoms in total. The fourth-order valence-electron chi connectivity index (χ4n) is 4.06. The number of rotatable bonds is 5. The molecule has 4 atom stereocenters. The molecule has 0 unspecified atom stereocenters. The summed E-state index contributed by atoms with van der Waals surface area (Å²) in [6, 6.07) is 5.36. The summed E-state index contributed by atoms with van der Waals surface area (Å²) in [4.78, 5) is 12.2. The monoisotopic (exact) mass is 348 g/mol. The Bertz CT molecular complexity index is 659.